The Balaban J connectivity index is 2.79. The number of aromatic amines is 1. The van der Waals surface area contributed by atoms with Crippen LogP contribution in [0, 0.1) is 4.51 Å². The third-order valence-corrected chi connectivity index (χ3v) is 2.67. The Bertz CT molecular complexity index is 603. The summed E-state index contributed by atoms with van der Waals surface area (Å²) >= 11 is 10.6. The van der Waals surface area contributed by atoms with Crippen molar-refractivity contribution in [3.63, 3.8) is 0 Å². The first-order chi connectivity index (χ1) is 7.38. The minimum atomic E-state index is -4.43. The van der Waals surface area contributed by atoms with Gasteiger partial charge in [-0.15, -0.1) is 0 Å². The summed E-state index contributed by atoms with van der Waals surface area (Å²) in [6.07, 6.45) is -4.43. The molecule has 1 nitrogen and oxygen atoms in total. The van der Waals surface area contributed by atoms with Crippen molar-refractivity contribution in [1.29, 1.82) is 0 Å². The minimum Gasteiger partial charge on any atom is -0.351 e. The number of alkyl halides is 3. The number of hydrogen-bond donors (Lipinski definition) is 1. The van der Waals surface area contributed by atoms with Crippen LogP contribution in [0.25, 0.3) is 10.9 Å². The predicted octanol–water partition coefficient (Wildman–Crippen LogP) is 4.57. The van der Waals surface area contributed by atoms with Crippen LogP contribution in [-0.2, 0) is 6.18 Å². The summed E-state index contributed by atoms with van der Waals surface area (Å²) in [5.41, 5.74) is -0.531. The number of fused-ring (bicyclic) bond motifs is 1. The summed E-state index contributed by atoms with van der Waals surface area (Å²) in [4.78, 5) is 2.28. The number of halogens is 4. The highest BCUT2D eigenvalue weighted by Gasteiger charge is 2.31. The molecule has 0 aliphatic carbocycles. The predicted molar refractivity (Wildman–Crippen MR) is 59.1 cm³/mol. The molecule has 0 radical (unpaired) electrons. The van der Waals surface area contributed by atoms with E-state index in [9.17, 15) is 13.2 Å². The molecular weight excluding hydrogens is 259 g/mol. The zero-order valence-corrected chi connectivity index (χ0v) is 9.30. The molecule has 1 aromatic heterocycles. The van der Waals surface area contributed by atoms with E-state index in [-0.39, 0.29) is 4.51 Å². The molecule has 2 aromatic rings. The van der Waals surface area contributed by atoms with Crippen molar-refractivity contribution >= 4 is 34.7 Å². The summed E-state index contributed by atoms with van der Waals surface area (Å²) in [6.45, 7) is 0. The molecule has 16 heavy (non-hydrogen) atoms. The third-order valence-electron chi connectivity index (χ3n) is 2.10. The molecule has 1 heterocycles. The third kappa shape index (κ3) is 2.05. The molecule has 0 spiro atoms. The lowest BCUT2D eigenvalue weighted by molar-refractivity contribution is -0.141. The molecule has 0 atom stereocenters. The van der Waals surface area contributed by atoms with E-state index in [0.717, 1.165) is 6.07 Å². The summed E-state index contributed by atoms with van der Waals surface area (Å²) < 4.78 is 37.5. The van der Waals surface area contributed by atoms with Crippen LogP contribution in [0.5, 0.6) is 0 Å². The van der Waals surface area contributed by atoms with Crippen LogP contribution in [0.15, 0.2) is 24.3 Å². The van der Waals surface area contributed by atoms with Gasteiger partial charge in [0.15, 0.2) is 0 Å². The van der Waals surface area contributed by atoms with Gasteiger partial charge >= 0.3 is 6.18 Å². The van der Waals surface area contributed by atoms with Gasteiger partial charge in [-0.3, -0.25) is 0 Å². The molecule has 2 rings (SSSR count). The van der Waals surface area contributed by atoms with Gasteiger partial charge in [-0.1, -0.05) is 23.8 Å². The molecule has 1 N–H and O–H groups in total. The van der Waals surface area contributed by atoms with Gasteiger partial charge in [0.25, 0.3) is 0 Å². The fourth-order valence-corrected chi connectivity index (χ4v) is 1.83. The average molecular weight is 264 g/mol. The highest BCUT2D eigenvalue weighted by molar-refractivity contribution is 7.71. The summed E-state index contributed by atoms with van der Waals surface area (Å²) in [7, 11) is 0. The summed E-state index contributed by atoms with van der Waals surface area (Å²) in [5.74, 6) is 0. The van der Waals surface area contributed by atoms with Crippen molar-refractivity contribution < 1.29 is 13.2 Å². The van der Waals surface area contributed by atoms with Crippen LogP contribution in [0.3, 0.4) is 0 Å². The van der Waals surface area contributed by atoms with Crippen LogP contribution in [0.1, 0.15) is 5.69 Å². The first-order valence-electron chi connectivity index (χ1n) is 4.28. The smallest absolute Gasteiger partial charge is 0.351 e. The van der Waals surface area contributed by atoms with Crippen molar-refractivity contribution in [2.75, 3.05) is 0 Å². The van der Waals surface area contributed by atoms with Crippen molar-refractivity contribution in [1.82, 2.24) is 4.98 Å². The Morgan fingerprint density at radius 2 is 1.88 bits per heavy atom. The maximum Gasteiger partial charge on any atom is 0.431 e. The number of rotatable bonds is 0. The molecule has 84 valence electrons. The quantitative estimate of drug-likeness (QED) is 0.689. The standard InChI is InChI=1S/C10H5ClF3NS/c11-5-1-2-7-6(3-5)8(16)4-9(15-7)10(12,13)14/h1-4H,(H,15,16). The molecule has 6 heteroatoms. The fourth-order valence-electron chi connectivity index (χ4n) is 1.37. The Morgan fingerprint density at radius 1 is 1.19 bits per heavy atom. The molecule has 0 aliphatic rings. The molecular formula is C10H5ClF3NS. The summed E-state index contributed by atoms with van der Waals surface area (Å²) in [5, 5.41) is 0.947. The van der Waals surface area contributed by atoms with Crippen LogP contribution in [0.4, 0.5) is 13.2 Å². The lowest BCUT2D eigenvalue weighted by Gasteiger charge is -2.08. The highest BCUT2D eigenvalue weighted by atomic mass is 35.5. The molecule has 1 aromatic carbocycles. The first-order valence-corrected chi connectivity index (χ1v) is 5.06. The van der Waals surface area contributed by atoms with E-state index >= 15 is 0 Å². The lowest BCUT2D eigenvalue weighted by atomic mass is 10.2. The van der Waals surface area contributed by atoms with Crippen LogP contribution < -0.4 is 0 Å². The average Bonchev–Trinajstić information content (AvgIpc) is 2.17. The van der Waals surface area contributed by atoms with Crippen LogP contribution in [0.2, 0.25) is 5.02 Å². The second-order valence-corrected chi connectivity index (χ2v) is 4.11. The Labute approximate surface area is 98.9 Å². The second kappa shape index (κ2) is 3.75. The van der Waals surface area contributed by atoms with E-state index in [0.29, 0.717) is 15.9 Å². The Kier molecular flexibility index (Phi) is 2.67. The van der Waals surface area contributed by atoms with Crippen molar-refractivity contribution in [3.8, 4) is 0 Å². The van der Waals surface area contributed by atoms with Gasteiger partial charge in [-0.2, -0.15) is 13.2 Å². The van der Waals surface area contributed by atoms with Gasteiger partial charge in [-0.05, 0) is 24.3 Å². The van der Waals surface area contributed by atoms with E-state index < -0.39 is 11.9 Å². The zero-order valence-electron chi connectivity index (χ0n) is 7.73. The minimum absolute atomic E-state index is 0.128. The van der Waals surface area contributed by atoms with E-state index in [1.807, 2.05) is 0 Å². The maximum atomic E-state index is 12.5. The van der Waals surface area contributed by atoms with E-state index in [4.69, 9.17) is 23.8 Å². The molecule has 0 saturated carbocycles. The van der Waals surface area contributed by atoms with Gasteiger partial charge in [0.1, 0.15) is 5.69 Å². The molecule has 0 bridgehead atoms. The molecule has 0 fully saturated rings. The fraction of sp³-hybridized carbons (Fsp3) is 0.100. The van der Waals surface area contributed by atoms with Crippen molar-refractivity contribution in [2.24, 2.45) is 0 Å². The van der Waals surface area contributed by atoms with E-state index in [1.54, 1.807) is 0 Å². The van der Waals surface area contributed by atoms with E-state index in [2.05, 4.69) is 4.98 Å². The van der Waals surface area contributed by atoms with Gasteiger partial charge in [0.2, 0.25) is 0 Å². The monoisotopic (exact) mass is 263 g/mol. The number of H-pyrrole nitrogens is 1. The number of hydrogen-bond acceptors (Lipinski definition) is 1. The van der Waals surface area contributed by atoms with E-state index in [1.165, 1.54) is 18.2 Å². The van der Waals surface area contributed by atoms with Crippen molar-refractivity contribution in [2.45, 2.75) is 6.18 Å². The Hall–Kier alpha value is -1.07. The maximum absolute atomic E-state index is 12.5. The molecule has 0 aliphatic heterocycles. The first kappa shape index (κ1) is 11.4. The van der Waals surface area contributed by atoms with Crippen LogP contribution >= 0.6 is 23.8 Å². The van der Waals surface area contributed by atoms with Gasteiger partial charge in [0.05, 0.1) is 0 Å². The van der Waals surface area contributed by atoms with Gasteiger partial charge in [-0.25, -0.2) is 0 Å². The normalized spacial score (nSPS) is 12.0. The van der Waals surface area contributed by atoms with Gasteiger partial charge in [0, 0.05) is 20.4 Å². The van der Waals surface area contributed by atoms with Gasteiger partial charge < -0.3 is 4.98 Å². The molecule has 0 unspecified atom stereocenters. The lowest BCUT2D eigenvalue weighted by Crippen LogP contribution is -2.07. The van der Waals surface area contributed by atoms with Crippen LogP contribution in [-0.4, -0.2) is 4.98 Å². The number of pyridine rings is 1. The topological polar surface area (TPSA) is 15.8 Å². The van der Waals surface area contributed by atoms with Crippen molar-refractivity contribution in [3.05, 3.63) is 39.5 Å². The molecule has 0 amide bonds. The summed E-state index contributed by atoms with van der Waals surface area (Å²) in [6, 6.07) is 5.42. The largest absolute Gasteiger partial charge is 0.431 e. The number of benzene rings is 1. The SMILES string of the molecule is FC(F)(F)c1cc(=S)c2cc(Cl)ccc2[nH]1. The Morgan fingerprint density at radius 3 is 2.50 bits per heavy atom. The second-order valence-electron chi connectivity index (χ2n) is 3.23. The number of nitrogens with one attached hydrogen (secondary N) is 1. The number of aromatic nitrogens is 1. The highest BCUT2D eigenvalue weighted by Crippen LogP contribution is 2.30. The molecule has 0 saturated heterocycles. The zero-order chi connectivity index (χ0) is 11.9.